The summed E-state index contributed by atoms with van der Waals surface area (Å²) in [7, 11) is 1.94. The van der Waals surface area contributed by atoms with Crippen molar-refractivity contribution in [1.82, 2.24) is 9.47 Å². The second kappa shape index (κ2) is 7.45. The molecule has 0 N–H and O–H groups in total. The lowest BCUT2D eigenvalue weighted by Crippen LogP contribution is -2.41. The number of likely N-dealkylation sites (tertiary alicyclic amines) is 1. The zero-order valence-corrected chi connectivity index (χ0v) is 16.5. The van der Waals surface area contributed by atoms with Gasteiger partial charge in [-0.2, -0.15) is 0 Å². The van der Waals surface area contributed by atoms with Crippen molar-refractivity contribution in [3.05, 3.63) is 64.3 Å². The molecule has 2 heterocycles. The van der Waals surface area contributed by atoms with Crippen LogP contribution in [0.1, 0.15) is 23.2 Å². The van der Waals surface area contributed by atoms with Crippen LogP contribution >= 0.6 is 23.2 Å². The molecule has 1 aliphatic heterocycles. The number of rotatable bonds is 3. The van der Waals surface area contributed by atoms with Gasteiger partial charge in [-0.25, -0.2) is 0 Å². The van der Waals surface area contributed by atoms with Gasteiger partial charge in [0.15, 0.2) is 0 Å². The third-order valence-corrected chi connectivity index (χ3v) is 5.51. The third kappa shape index (κ3) is 3.78. The van der Waals surface area contributed by atoms with E-state index in [-0.39, 0.29) is 12.0 Å². The van der Waals surface area contributed by atoms with Crippen molar-refractivity contribution < 1.29 is 9.53 Å². The van der Waals surface area contributed by atoms with E-state index in [1.54, 1.807) is 0 Å². The van der Waals surface area contributed by atoms with Crippen LogP contribution < -0.4 is 4.74 Å². The van der Waals surface area contributed by atoms with E-state index in [1.807, 2.05) is 65.2 Å². The Balaban J connectivity index is 1.44. The van der Waals surface area contributed by atoms with E-state index in [2.05, 4.69) is 0 Å². The standard InChI is InChI=1S/C21H20Cl2N2O2/c1-24-13-19(18-12-15(23)4-7-20(18)24)21(26)25-10-8-17(9-11-25)27-16-5-2-14(22)3-6-16/h2-7,12-13,17H,8-11H2,1H3. The van der Waals surface area contributed by atoms with Gasteiger partial charge in [-0.15, -0.1) is 0 Å². The van der Waals surface area contributed by atoms with Crippen LogP contribution in [0, 0.1) is 0 Å². The summed E-state index contributed by atoms with van der Waals surface area (Å²) in [6, 6.07) is 13.0. The third-order valence-electron chi connectivity index (χ3n) is 5.03. The fourth-order valence-electron chi connectivity index (χ4n) is 3.59. The number of carbonyl (C=O) groups excluding carboxylic acids is 1. The highest BCUT2D eigenvalue weighted by Crippen LogP contribution is 2.27. The topological polar surface area (TPSA) is 34.5 Å². The number of hydrogen-bond acceptors (Lipinski definition) is 2. The predicted molar refractivity (Wildman–Crippen MR) is 109 cm³/mol. The molecule has 0 bridgehead atoms. The number of ether oxygens (including phenoxy) is 1. The van der Waals surface area contributed by atoms with Gasteiger partial charge < -0.3 is 14.2 Å². The molecule has 0 spiro atoms. The largest absolute Gasteiger partial charge is 0.490 e. The molecule has 0 atom stereocenters. The molecule has 140 valence electrons. The maximum Gasteiger partial charge on any atom is 0.256 e. The van der Waals surface area contributed by atoms with Gasteiger partial charge >= 0.3 is 0 Å². The van der Waals surface area contributed by atoms with E-state index in [9.17, 15) is 4.79 Å². The zero-order chi connectivity index (χ0) is 19.0. The van der Waals surface area contributed by atoms with Gasteiger partial charge in [-0.1, -0.05) is 23.2 Å². The number of halogens is 2. The molecule has 2 aromatic carbocycles. The molecule has 0 radical (unpaired) electrons. The molecule has 1 saturated heterocycles. The minimum Gasteiger partial charge on any atom is -0.490 e. The van der Waals surface area contributed by atoms with Gasteiger partial charge in [0, 0.05) is 60.1 Å². The minimum atomic E-state index is 0.0489. The van der Waals surface area contributed by atoms with Gasteiger partial charge in [0.2, 0.25) is 0 Å². The van der Waals surface area contributed by atoms with Crippen molar-refractivity contribution in [1.29, 1.82) is 0 Å². The van der Waals surface area contributed by atoms with Crippen molar-refractivity contribution in [3.8, 4) is 5.75 Å². The first-order chi connectivity index (χ1) is 13.0. The first kappa shape index (κ1) is 18.2. The SMILES string of the molecule is Cn1cc(C(=O)N2CCC(Oc3ccc(Cl)cc3)CC2)c2cc(Cl)ccc21. The van der Waals surface area contributed by atoms with E-state index in [0.717, 1.165) is 29.5 Å². The molecule has 1 amide bonds. The fourth-order valence-corrected chi connectivity index (χ4v) is 3.89. The zero-order valence-electron chi connectivity index (χ0n) is 15.0. The highest BCUT2D eigenvalue weighted by atomic mass is 35.5. The second-order valence-electron chi connectivity index (χ2n) is 6.88. The molecule has 4 nitrogen and oxygen atoms in total. The number of carbonyl (C=O) groups is 1. The Morgan fingerprint density at radius 2 is 1.70 bits per heavy atom. The first-order valence-electron chi connectivity index (χ1n) is 8.97. The van der Waals surface area contributed by atoms with Crippen molar-refractivity contribution >= 4 is 40.0 Å². The van der Waals surface area contributed by atoms with Crippen molar-refractivity contribution in [2.45, 2.75) is 18.9 Å². The lowest BCUT2D eigenvalue weighted by atomic mass is 10.1. The van der Waals surface area contributed by atoms with Gasteiger partial charge in [-0.3, -0.25) is 4.79 Å². The molecule has 0 aliphatic carbocycles. The van der Waals surface area contributed by atoms with E-state index in [4.69, 9.17) is 27.9 Å². The molecule has 4 rings (SSSR count). The highest BCUT2D eigenvalue weighted by molar-refractivity contribution is 6.31. The number of piperidine rings is 1. The monoisotopic (exact) mass is 402 g/mol. The van der Waals surface area contributed by atoms with Crippen LogP contribution in [-0.4, -0.2) is 34.6 Å². The summed E-state index contributed by atoms with van der Waals surface area (Å²) in [5.41, 5.74) is 1.70. The Bertz CT molecular complexity index is 974. The molecule has 1 fully saturated rings. The maximum atomic E-state index is 13.1. The second-order valence-corrected chi connectivity index (χ2v) is 7.75. The van der Waals surface area contributed by atoms with Crippen molar-refractivity contribution in [2.24, 2.45) is 7.05 Å². The van der Waals surface area contributed by atoms with Crippen LogP contribution in [0.4, 0.5) is 0 Å². The van der Waals surface area contributed by atoms with Crippen LogP contribution in [0.15, 0.2) is 48.7 Å². The molecule has 27 heavy (non-hydrogen) atoms. The quantitative estimate of drug-likeness (QED) is 0.605. The van der Waals surface area contributed by atoms with Gasteiger partial charge in [0.05, 0.1) is 5.56 Å². The van der Waals surface area contributed by atoms with E-state index < -0.39 is 0 Å². The average molecular weight is 403 g/mol. The highest BCUT2D eigenvalue weighted by Gasteiger charge is 2.26. The van der Waals surface area contributed by atoms with Crippen LogP contribution in [0.5, 0.6) is 5.75 Å². The predicted octanol–water partition coefficient (Wildman–Crippen LogP) is 5.17. The molecular weight excluding hydrogens is 383 g/mol. The molecule has 3 aromatic rings. The van der Waals surface area contributed by atoms with Gasteiger partial charge in [0.1, 0.15) is 11.9 Å². The molecule has 6 heteroatoms. The Morgan fingerprint density at radius 1 is 1.04 bits per heavy atom. The van der Waals surface area contributed by atoms with Crippen LogP contribution in [0.3, 0.4) is 0 Å². The average Bonchev–Trinajstić information content (AvgIpc) is 2.99. The van der Waals surface area contributed by atoms with Gasteiger partial charge in [-0.05, 0) is 42.5 Å². The van der Waals surface area contributed by atoms with E-state index in [0.29, 0.717) is 28.7 Å². The summed E-state index contributed by atoms with van der Waals surface area (Å²) in [5, 5.41) is 2.23. The Hall–Kier alpha value is -2.17. The summed E-state index contributed by atoms with van der Waals surface area (Å²) < 4.78 is 7.98. The summed E-state index contributed by atoms with van der Waals surface area (Å²) in [6.07, 6.45) is 3.61. The lowest BCUT2D eigenvalue weighted by molar-refractivity contribution is 0.0597. The van der Waals surface area contributed by atoms with Crippen molar-refractivity contribution in [3.63, 3.8) is 0 Å². The minimum absolute atomic E-state index is 0.0489. The van der Waals surface area contributed by atoms with Crippen LogP contribution in [-0.2, 0) is 7.05 Å². The van der Waals surface area contributed by atoms with Crippen LogP contribution in [0.2, 0.25) is 10.0 Å². The fraction of sp³-hybridized carbons (Fsp3) is 0.286. The smallest absolute Gasteiger partial charge is 0.256 e. The Morgan fingerprint density at radius 3 is 2.41 bits per heavy atom. The number of benzene rings is 2. The Kier molecular flexibility index (Phi) is 5.02. The molecular formula is C21H20Cl2N2O2. The first-order valence-corrected chi connectivity index (χ1v) is 9.73. The summed E-state index contributed by atoms with van der Waals surface area (Å²) in [6.45, 7) is 1.35. The number of hydrogen-bond donors (Lipinski definition) is 0. The molecule has 0 saturated carbocycles. The summed E-state index contributed by atoms with van der Waals surface area (Å²) in [5.74, 6) is 0.862. The maximum absolute atomic E-state index is 13.1. The molecule has 1 aliphatic rings. The molecule has 0 unspecified atom stereocenters. The number of nitrogens with zero attached hydrogens (tertiary/aromatic N) is 2. The number of amides is 1. The summed E-state index contributed by atoms with van der Waals surface area (Å²) in [4.78, 5) is 15.0. The normalized spacial score (nSPS) is 15.3. The Labute approximate surface area is 168 Å². The van der Waals surface area contributed by atoms with Gasteiger partial charge in [0.25, 0.3) is 5.91 Å². The van der Waals surface area contributed by atoms with E-state index in [1.165, 1.54) is 0 Å². The van der Waals surface area contributed by atoms with E-state index >= 15 is 0 Å². The summed E-state index contributed by atoms with van der Waals surface area (Å²) >= 11 is 12.0. The molecule has 1 aromatic heterocycles. The number of aromatic nitrogens is 1. The van der Waals surface area contributed by atoms with Crippen molar-refractivity contribution in [2.75, 3.05) is 13.1 Å². The number of aryl methyl sites for hydroxylation is 1. The lowest BCUT2D eigenvalue weighted by Gasteiger charge is -2.32. The van der Waals surface area contributed by atoms with Crippen LogP contribution in [0.25, 0.3) is 10.9 Å². The number of fused-ring (bicyclic) bond motifs is 1.